The number of pyridine rings is 2. The summed E-state index contributed by atoms with van der Waals surface area (Å²) in [6.45, 7) is 3.34. The molecule has 0 radical (unpaired) electrons. The van der Waals surface area contributed by atoms with Gasteiger partial charge in [-0.1, -0.05) is 0 Å². The lowest BCUT2D eigenvalue weighted by Crippen LogP contribution is -2.44. The van der Waals surface area contributed by atoms with Crippen LogP contribution in [0, 0.1) is 11.3 Å². The predicted molar refractivity (Wildman–Crippen MR) is 89.3 cm³/mol. The molecule has 0 bridgehead atoms. The Kier molecular flexibility index (Phi) is 4.08. The molecule has 0 aliphatic carbocycles. The van der Waals surface area contributed by atoms with Gasteiger partial charge in [-0.05, 0) is 31.9 Å². The molecular formula is C17H18N4O3. The fourth-order valence-corrected chi connectivity index (χ4v) is 3.05. The number of anilines is 1. The van der Waals surface area contributed by atoms with Gasteiger partial charge in [-0.15, -0.1) is 0 Å². The largest absolute Gasteiger partial charge is 0.378 e. The summed E-state index contributed by atoms with van der Waals surface area (Å²) >= 11 is 0. The molecule has 2 aromatic rings. The number of ether oxygens (including phenoxy) is 1. The zero-order valence-electron chi connectivity index (χ0n) is 13.6. The summed E-state index contributed by atoms with van der Waals surface area (Å²) in [6.07, 6.45) is 2.20. The van der Waals surface area contributed by atoms with Gasteiger partial charge in [0.1, 0.15) is 22.8 Å². The third-order valence-corrected chi connectivity index (χ3v) is 4.72. The molecule has 7 heteroatoms. The molecule has 24 heavy (non-hydrogen) atoms. The average Bonchev–Trinajstić information content (AvgIpc) is 2.61. The number of nitrogens with one attached hydrogen (secondary N) is 1. The second-order valence-electron chi connectivity index (χ2n) is 6.18. The van der Waals surface area contributed by atoms with E-state index < -0.39 is 5.56 Å². The number of rotatable bonds is 3. The highest BCUT2D eigenvalue weighted by atomic mass is 16.5. The minimum Gasteiger partial charge on any atom is -0.378 e. The van der Waals surface area contributed by atoms with Crippen LogP contribution >= 0.6 is 0 Å². The molecule has 3 rings (SSSR count). The number of H-pyrrole nitrogens is 1. The summed E-state index contributed by atoms with van der Waals surface area (Å²) in [5, 5.41) is 9.45. The van der Waals surface area contributed by atoms with E-state index >= 15 is 0 Å². The van der Waals surface area contributed by atoms with Crippen LogP contribution in [0.2, 0.25) is 0 Å². The first-order valence-electron chi connectivity index (χ1n) is 7.74. The van der Waals surface area contributed by atoms with E-state index in [9.17, 15) is 14.9 Å². The molecule has 124 valence electrons. The highest BCUT2D eigenvalue weighted by Gasteiger charge is 2.32. The minimum absolute atomic E-state index is 0.0269. The molecule has 2 aromatic heterocycles. The van der Waals surface area contributed by atoms with E-state index in [2.05, 4.69) is 9.97 Å². The number of hydrogen-bond donors (Lipinski definition) is 1. The van der Waals surface area contributed by atoms with Crippen molar-refractivity contribution in [3.05, 3.63) is 33.7 Å². The van der Waals surface area contributed by atoms with Crippen molar-refractivity contribution in [1.29, 1.82) is 5.26 Å². The van der Waals surface area contributed by atoms with E-state index in [1.165, 1.54) is 0 Å². The van der Waals surface area contributed by atoms with Crippen molar-refractivity contribution in [2.24, 2.45) is 0 Å². The Hall–Kier alpha value is -2.72. The highest BCUT2D eigenvalue weighted by Crippen LogP contribution is 2.32. The number of hydrogen-bond acceptors (Lipinski definition) is 6. The summed E-state index contributed by atoms with van der Waals surface area (Å²) in [5.41, 5.74) is 1.12. The van der Waals surface area contributed by atoms with Crippen molar-refractivity contribution in [3.8, 4) is 6.07 Å². The lowest BCUT2D eigenvalue weighted by molar-refractivity contribution is -0.0132. The lowest BCUT2D eigenvalue weighted by atomic mass is 9.92. The molecule has 1 saturated heterocycles. The van der Waals surface area contributed by atoms with E-state index in [-0.39, 0.29) is 16.9 Å². The molecule has 1 N–H and O–H groups in total. The first-order valence-corrected chi connectivity index (χ1v) is 7.74. The van der Waals surface area contributed by atoms with Gasteiger partial charge < -0.3 is 14.6 Å². The molecule has 1 fully saturated rings. The summed E-state index contributed by atoms with van der Waals surface area (Å²) in [7, 11) is 1.69. The monoisotopic (exact) mass is 326 g/mol. The van der Waals surface area contributed by atoms with Crippen LogP contribution in [0.25, 0.3) is 11.0 Å². The minimum atomic E-state index is -0.444. The van der Waals surface area contributed by atoms with Gasteiger partial charge in [0.05, 0.1) is 16.8 Å². The summed E-state index contributed by atoms with van der Waals surface area (Å²) < 4.78 is 5.55. The van der Waals surface area contributed by atoms with Crippen LogP contribution in [-0.4, -0.2) is 42.1 Å². The fraction of sp³-hybridized carbons (Fsp3) is 0.412. The first kappa shape index (κ1) is 16.1. The number of carbonyl (C=O) groups is 1. The number of piperidine rings is 1. The Morgan fingerprint density at radius 3 is 2.71 bits per heavy atom. The molecule has 1 aliphatic rings. The highest BCUT2D eigenvalue weighted by molar-refractivity contribution is 5.93. The van der Waals surface area contributed by atoms with Crippen LogP contribution in [0.3, 0.4) is 0 Å². The standard InChI is InChI=1S/C17H18N4O3/c1-17(24-2)5-7-21(8-6-17)15-12(9-18)16(23)20-13-4-3-11(10-22)19-14(13)15/h3-4,10H,5-8H2,1-2H3,(H,20,23). The van der Waals surface area contributed by atoms with Crippen molar-refractivity contribution in [2.75, 3.05) is 25.1 Å². The number of carbonyl (C=O) groups excluding carboxylic acids is 1. The number of aldehydes is 1. The van der Waals surface area contributed by atoms with Crippen LogP contribution in [-0.2, 0) is 4.74 Å². The third-order valence-electron chi connectivity index (χ3n) is 4.72. The molecule has 0 atom stereocenters. The van der Waals surface area contributed by atoms with E-state index in [0.29, 0.717) is 36.1 Å². The molecule has 3 heterocycles. The van der Waals surface area contributed by atoms with Gasteiger partial charge in [0, 0.05) is 20.2 Å². The molecule has 7 nitrogen and oxygen atoms in total. The van der Waals surface area contributed by atoms with Crippen molar-refractivity contribution >= 4 is 23.0 Å². The van der Waals surface area contributed by atoms with Crippen molar-refractivity contribution in [3.63, 3.8) is 0 Å². The number of methoxy groups -OCH3 is 1. The quantitative estimate of drug-likeness (QED) is 0.860. The molecule has 0 saturated carbocycles. The maximum atomic E-state index is 12.2. The molecule has 1 aliphatic heterocycles. The average molecular weight is 326 g/mol. The SMILES string of the molecule is COC1(C)CCN(c2c(C#N)c(=O)[nH]c3ccc(C=O)nc23)CC1. The van der Waals surface area contributed by atoms with Crippen molar-refractivity contribution in [1.82, 2.24) is 9.97 Å². The second-order valence-corrected chi connectivity index (χ2v) is 6.18. The van der Waals surface area contributed by atoms with Gasteiger partial charge >= 0.3 is 0 Å². The number of aromatic amines is 1. The van der Waals surface area contributed by atoms with Gasteiger partial charge in [0.2, 0.25) is 0 Å². The molecule has 0 aromatic carbocycles. The van der Waals surface area contributed by atoms with Gasteiger partial charge in [0.15, 0.2) is 6.29 Å². The zero-order valence-corrected chi connectivity index (χ0v) is 13.6. The number of aromatic nitrogens is 2. The smallest absolute Gasteiger partial charge is 0.268 e. The van der Waals surface area contributed by atoms with E-state index in [0.717, 1.165) is 12.8 Å². The number of nitrogens with zero attached hydrogens (tertiary/aromatic N) is 3. The Bertz CT molecular complexity index is 889. The normalized spacial score (nSPS) is 16.8. The number of fused-ring (bicyclic) bond motifs is 1. The Morgan fingerprint density at radius 2 is 2.12 bits per heavy atom. The summed E-state index contributed by atoms with van der Waals surface area (Å²) in [4.78, 5) is 32.2. The first-order chi connectivity index (χ1) is 11.5. The number of nitriles is 1. The van der Waals surface area contributed by atoms with Crippen molar-refractivity contribution in [2.45, 2.75) is 25.4 Å². The topological polar surface area (TPSA) is 99.1 Å². The molecule has 0 unspecified atom stereocenters. The van der Waals surface area contributed by atoms with Crippen LogP contribution in [0.15, 0.2) is 16.9 Å². The third kappa shape index (κ3) is 2.65. The second kappa shape index (κ2) is 6.06. The Labute approximate surface area is 138 Å². The van der Waals surface area contributed by atoms with E-state index in [1.54, 1.807) is 19.2 Å². The van der Waals surface area contributed by atoms with Crippen LogP contribution < -0.4 is 10.5 Å². The van der Waals surface area contributed by atoms with E-state index in [1.807, 2.05) is 17.9 Å². The van der Waals surface area contributed by atoms with E-state index in [4.69, 9.17) is 4.74 Å². The van der Waals surface area contributed by atoms with Gasteiger partial charge in [0.25, 0.3) is 5.56 Å². The molecule has 0 spiro atoms. The molecule has 0 amide bonds. The maximum absolute atomic E-state index is 12.2. The van der Waals surface area contributed by atoms with Gasteiger partial charge in [-0.25, -0.2) is 4.98 Å². The van der Waals surface area contributed by atoms with Crippen LogP contribution in [0.1, 0.15) is 35.8 Å². The predicted octanol–water partition coefficient (Wildman–Crippen LogP) is 1.61. The van der Waals surface area contributed by atoms with Crippen molar-refractivity contribution < 1.29 is 9.53 Å². The molecular weight excluding hydrogens is 308 g/mol. The van der Waals surface area contributed by atoms with Crippen LogP contribution in [0.4, 0.5) is 5.69 Å². The zero-order chi connectivity index (χ0) is 17.3. The maximum Gasteiger partial charge on any atom is 0.268 e. The fourth-order valence-electron chi connectivity index (χ4n) is 3.05. The summed E-state index contributed by atoms with van der Waals surface area (Å²) in [6, 6.07) is 5.16. The van der Waals surface area contributed by atoms with Crippen LogP contribution in [0.5, 0.6) is 0 Å². The summed E-state index contributed by atoms with van der Waals surface area (Å²) in [5.74, 6) is 0. The lowest BCUT2D eigenvalue weighted by Gasteiger charge is -2.39. The van der Waals surface area contributed by atoms with Gasteiger partial charge in [-0.3, -0.25) is 9.59 Å². The Morgan fingerprint density at radius 1 is 1.42 bits per heavy atom. The van der Waals surface area contributed by atoms with Gasteiger partial charge in [-0.2, -0.15) is 5.26 Å². The Balaban J connectivity index is 2.16.